The average Bonchev–Trinajstić information content (AvgIpc) is 3.74. The number of ketones is 1. The molecule has 216 valence electrons. The van der Waals surface area contributed by atoms with Crippen molar-refractivity contribution in [3.63, 3.8) is 0 Å². The second kappa shape index (κ2) is 9.54. The molecule has 1 amide bonds. The highest BCUT2D eigenvalue weighted by Gasteiger charge is 2.80. The molecule has 42 heavy (non-hydrogen) atoms. The summed E-state index contributed by atoms with van der Waals surface area (Å²) in [4.78, 5) is 37.5. The predicted molar refractivity (Wildman–Crippen MR) is 158 cm³/mol. The van der Waals surface area contributed by atoms with Gasteiger partial charge in [-0.2, -0.15) is 0 Å². The molecule has 0 bridgehead atoms. The first-order chi connectivity index (χ1) is 20.6. The number of ether oxygens (including phenoxy) is 3. The monoisotopic (exact) mass is 584 g/mol. The number of methoxy groups -OCH3 is 2. The van der Waals surface area contributed by atoms with Gasteiger partial charge in [-0.25, -0.2) is 10.0 Å². The molecule has 8 rings (SSSR count). The van der Waals surface area contributed by atoms with Crippen molar-refractivity contribution >= 4 is 29.1 Å². The number of thioether (sulfide) groups is 1. The number of anilines is 1. The van der Waals surface area contributed by atoms with Crippen LogP contribution >= 0.6 is 11.8 Å². The van der Waals surface area contributed by atoms with Gasteiger partial charge in [0.1, 0.15) is 5.54 Å². The molecule has 0 N–H and O–H groups in total. The van der Waals surface area contributed by atoms with Gasteiger partial charge < -0.3 is 14.2 Å². The summed E-state index contributed by atoms with van der Waals surface area (Å²) < 4.78 is 17.0. The van der Waals surface area contributed by atoms with Gasteiger partial charge in [-0.3, -0.25) is 19.5 Å². The molecular formula is C32H32N4O5S. The van der Waals surface area contributed by atoms with Crippen LogP contribution in [0.5, 0.6) is 11.5 Å². The number of Topliss-reactive ketones (excluding diaryl/α,β-unsaturated/α-hetero) is 1. The smallest absolute Gasteiger partial charge is 0.267 e. The summed E-state index contributed by atoms with van der Waals surface area (Å²) >= 11 is 1.83. The van der Waals surface area contributed by atoms with Crippen LogP contribution in [-0.4, -0.2) is 84.8 Å². The first-order valence-electron chi connectivity index (χ1n) is 14.4. The number of benzene rings is 2. The molecule has 1 aliphatic carbocycles. The number of aromatic nitrogens is 1. The molecule has 0 unspecified atom stereocenters. The van der Waals surface area contributed by atoms with E-state index in [1.807, 2.05) is 59.2 Å². The number of pyridine rings is 1. The minimum absolute atomic E-state index is 0.00774. The van der Waals surface area contributed by atoms with Crippen LogP contribution in [0.25, 0.3) is 0 Å². The van der Waals surface area contributed by atoms with Crippen molar-refractivity contribution in [1.82, 2.24) is 14.9 Å². The van der Waals surface area contributed by atoms with Crippen molar-refractivity contribution in [1.29, 1.82) is 0 Å². The zero-order valence-electron chi connectivity index (χ0n) is 23.6. The second-order valence-corrected chi connectivity index (χ2v) is 12.5. The van der Waals surface area contributed by atoms with Crippen LogP contribution in [0.3, 0.4) is 0 Å². The number of hydrogen-bond donors (Lipinski definition) is 0. The number of rotatable bonds is 4. The molecule has 10 heteroatoms. The Kier molecular flexibility index (Phi) is 5.95. The predicted octanol–water partition coefficient (Wildman–Crippen LogP) is 3.49. The third kappa shape index (κ3) is 3.13. The lowest BCUT2D eigenvalue weighted by atomic mass is 9.58. The number of amides is 1. The number of morpholine rings is 1. The fourth-order valence-electron chi connectivity index (χ4n) is 8.49. The van der Waals surface area contributed by atoms with Gasteiger partial charge in [-0.1, -0.05) is 18.2 Å². The summed E-state index contributed by atoms with van der Waals surface area (Å²) in [6, 6.07) is 15.9. The Bertz CT molecular complexity index is 1600. The summed E-state index contributed by atoms with van der Waals surface area (Å²) in [5, 5.41) is 3.97. The lowest BCUT2D eigenvalue weighted by Gasteiger charge is -2.45. The van der Waals surface area contributed by atoms with Gasteiger partial charge in [-0.05, 0) is 47.9 Å². The topological polar surface area (TPSA) is 84.4 Å². The van der Waals surface area contributed by atoms with E-state index >= 15 is 9.59 Å². The lowest BCUT2D eigenvalue weighted by molar-refractivity contribution is -0.137. The van der Waals surface area contributed by atoms with Crippen LogP contribution in [0.2, 0.25) is 0 Å². The van der Waals surface area contributed by atoms with E-state index in [1.54, 1.807) is 26.6 Å². The van der Waals surface area contributed by atoms with Gasteiger partial charge in [0, 0.05) is 60.2 Å². The Labute approximate surface area is 248 Å². The second-order valence-electron chi connectivity index (χ2n) is 11.5. The van der Waals surface area contributed by atoms with Crippen LogP contribution < -0.4 is 14.5 Å². The van der Waals surface area contributed by atoms with Crippen molar-refractivity contribution < 1.29 is 23.8 Å². The van der Waals surface area contributed by atoms with E-state index in [0.717, 1.165) is 28.1 Å². The Morgan fingerprint density at radius 1 is 1.00 bits per heavy atom. The van der Waals surface area contributed by atoms with Crippen LogP contribution in [0.1, 0.15) is 33.0 Å². The standard InChI is InChI=1S/C32H32N4O5S/c1-39-26-15-21-17-31(29(37)22(21)16-27(26)40-2)28(20-7-9-33-10-8-20)25-18-42-19-35(25)32(31)23-5-3-4-6-24(23)36(30(32)38)34-11-13-41-14-12-34/h3-10,15-16,25,28H,11-14,17-19H2,1-2H3/t25-,28-,31-,32-/m0/s1. The molecule has 3 saturated heterocycles. The fourth-order valence-corrected chi connectivity index (χ4v) is 9.80. The zero-order valence-corrected chi connectivity index (χ0v) is 24.4. The molecular weight excluding hydrogens is 552 g/mol. The summed E-state index contributed by atoms with van der Waals surface area (Å²) in [5.74, 6) is 2.31. The molecule has 4 atom stereocenters. The maximum atomic E-state index is 15.5. The molecule has 2 spiro atoms. The summed E-state index contributed by atoms with van der Waals surface area (Å²) in [6.45, 7) is 2.32. The number of carbonyl (C=O) groups excluding carboxylic acids is 2. The molecule has 5 heterocycles. The summed E-state index contributed by atoms with van der Waals surface area (Å²) in [7, 11) is 3.19. The summed E-state index contributed by atoms with van der Waals surface area (Å²) in [6.07, 6.45) is 4.01. The van der Waals surface area contributed by atoms with E-state index in [-0.39, 0.29) is 23.7 Å². The first-order valence-corrected chi connectivity index (χ1v) is 15.5. The number of para-hydroxylation sites is 1. The van der Waals surface area contributed by atoms with Crippen molar-refractivity contribution in [2.75, 3.05) is 57.2 Å². The first kappa shape index (κ1) is 26.2. The molecule has 0 saturated carbocycles. The quantitative estimate of drug-likeness (QED) is 0.458. The van der Waals surface area contributed by atoms with Gasteiger partial charge in [0.2, 0.25) is 0 Å². The molecule has 9 nitrogen and oxygen atoms in total. The van der Waals surface area contributed by atoms with Crippen LogP contribution in [0.15, 0.2) is 60.9 Å². The largest absolute Gasteiger partial charge is 0.493 e. The molecule has 5 aliphatic rings. The number of fused-ring (bicyclic) bond motifs is 6. The molecule has 3 fully saturated rings. The van der Waals surface area contributed by atoms with E-state index in [4.69, 9.17) is 14.2 Å². The molecule has 3 aromatic rings. The Morgan fingerprint density at radius 3 is 2.50 bits per heavy atom. The van der Waals surface area contributed by atoms with Gasteiger partial charge in [0.05, 0.1) is 38.5 Å². The maximum Gasteiger partial charge on any atom is 0.267 e. The molecule has 4 aliphatic heterocycles. The third-order valence-corrected chi connectivity index (χ3v) is 11.0. The van der Waals surface area contributed by atoms with E-state index in [2.05, 4.69) is 21.0 Å². The number of carbonyl (C=O) groups is 2. The van der Waals surface area contributed by atoms with Crippen molar-refractivity contribution in [3.8, 4) is 11.5 Å². The third-order valence-electron chi connectivity index (χ3n) is 10.00. The number of hydrazine groups is 1. The van der Waals surface area contributed by atoms with Gasteiger partial charge in [0.15, 0.2) is 17.3 Å². The van der Waals surface area contributed by atoms with Crippen molar-refractivity contribution in [3.05, 3.63) is 83.2 Å². The van der Waals surface area contributed by atoms with Gasteiger partial charge >= 0.3 is 0 Å². The maximum absolute atomic E-state index is 15.5. The number of nitrogens with zero attached hydrogens (tertiary/aromatic N) is 4. The zero-order chi connectivity index (χ0) is 28.6. The fraction of sp³-hybridized carbons (Fsp3) is 0.406. The van der Waals surface area contributed by atoms with Gasteiger partial charge in [0.25, 0.3) is 5.91 Å². The molecule has 2 aromatic carbocycles. The van der Waals surface area contributed by atoms with Crippen molar-refractivity contribution in [2.45, 2.75) is 23.9 Å². The van der Waals surface area contributed by atoms with Gasteiger partial charge in [-0.15, -0.1) is 11.8 Å². The Balaban J connectivity index is 1.43. The number of hydrogen-bond acceptors (Lipinski definition) is 9. The Morgan fingerprint density at radius 2 is 1.74 bits per heavy atom. The normalized spacial score (nSPS) is 30.3. The lowest BCUT2D eigenvalue weighted by Crippen LogP contribution is -2.63. The average molecular weight is 585 g/mol. The van der Waals surface area contributed by atoms with E-state index in [1.165, 1.54) is 0 Å². The Hall–Kier alpha value is -3.44. The highest BCUT2D eigenvalue weighted by Crippen LogP contribution is 2.71. The van der Waals surface area contributed by atoms with Crippen LogP contribution in [0.4, 0.5) is 5.69 Å². The van der Waals surface area contributed by atoms with E-state index in [9.17, 15) is 0 Å². The molecule has 1 aromatic heterocycles. The van der Waals surface area contributed by atoms with E-state index < -0.39 is 11.0 Å². The highest BCUT2D eigenvalue weighted by molar-refractivity contribution is 7.99. The van der Waals surface area contributed by atoms with E-state index in [0.29, 0.717) is 55.7 Å². The van der Waals surface area contributed by atoms with Crippen molar-refractivity contribution in [2.24, 2.45) is 5.41 Å². The summed E-state index contributed by atoms with van der Waals surface area (Å²) in [5.41, 5.74) is 2.01. The molecule has 0 radical (unpaired) electrons. The highest BCUT2D eigenvalue weighted by atomic mass is 32.2. The van der Waals surface area contributed by atoms with Crippen LogP contribution in [-0.2, 0) is 21.5 Å². The minimum Gasteiger partial charge on any atom is -0.493 e. The SMILES string of the molecule is COc1cc2c(cc1OC)C(=O)[C@]1(C2)[C@@H](c2ccncc2)[C@@H]2CSCN2[C@@]12C(=O)N(N1CCOCC1)c1ccccc12. The van der Waals surface area contributed by atoms with Crippen LogP contribution in [0, 0.1) is 5.41 Å². The minimum atomic E-state index is -1.19.